The summed E-state index contributed by atoms with van der Waals surface area (Å²) in [5.41, 5.74) is 0. The molecule has 1 saturated carbocycles. The van der Waals surface area contributed by atoms with Gasteiger partial charge in [-0.15, -0.1) is 0 Å². The van der Waals surface area contributed by atoms with Crippen molar-refractivity contribution >= 4 is 0 Å². The van der Waals surface area contributed by atoms with E-state index in [9.17, 15) is 8.78 Å². The van der Waals surface area contributed by atoms with Crippen molar-refractivity contribution < 1.29 is 29.2 Å². The molecule has 0 amide bonds. The number of aliphatic hydroxyl groups excluding tert-OH is 4. The van der Waals surface area contributed by atoms with Gasteiger partial charge in [-0.05, 0) is 0 Å². The maximum absolute atomic E-state index is 12.6. The lowest BCUT2D eigenvalue weighted by Gasteiger charge is -2.36. The van der Waals surface area contributed by atoms with Gasteiger partial charge in [-0.3, -0.25) is 0 Å². The van der Waals surface area contributed by atoms with Crippen molar-refractivity contribution in [2.45, 2.75) is 36.8 Å². The second-order valence-electron chi connectivity index (χ2n) is 2.85. The van der Waals surface area contributed by atoms with E-state index < -0.39 is 36.8 Å². The van der Waals surface area contributed by atoms with E-state index in [-0.39, 0.29) is 0 Å². The second kappa shape index (κ2) is 3.21. The Morgan fingerprint density at radius 1 is 0.583 bits per heavy atom. The number of aliphatic hydroxyl groups is 4. The van der Waals surface area contributed by atoms with Crippen molar-refractivity contribution in [3.63, 3.8) is 0 Å². The van der Waals surface area contributed by atoms with Crippen molar-refractivity contribution in [1.82, 2.24) is 0 Å². The SMILES string of the molecule is O[C@H]1[C@H](O)[C@@H](O)[C@H](F)[C@H](F)[C@@H]1O. The third kappa shape index (κ3) is 1.31. The van der Waals surface area contributed by atoms with E-state index in [0.717, 1.165) is 0 Å². The van der Waals surface area contributed by atoms with Crippen molar-refractivity contribution in [2.75, 3.05) is 0 Å². The Balaban J connectivity index is 2.76. The Morgan fingerprint density at radius 2 is 0.833 bits per heavy atom. The van der Waals surface area contributed by atoms with Crippen LogP contribution in [0.25, 0.3) is 0 Å². The first-order chi connectivity index (χ1) is 5.46. The Bertz CT molecular complexity index is 109. The van der Waals surface area contributed by atoms with Crippen LogP contribution in [0.2, 0.25) is 0 Å². The summed E-state index contributed by atoms with van der Waals surface area (Å²) in [6.07, 6.45) is -12.4. The monoisotopic (exact) mass is 184 g/mol. The lowest BCUT2D eigenvalue weighted by atomic mass is 9.87. The zero-order chi connectivity index (χ0) is 9.46. The maximum Gasteiger partial charge on any atom is 0.162 e. The fourth-order valence-corrected chi connectivity index (χ4v) is 1.16. The molecule has 0 aromatic carbocycles. The summed E-state index contributed by atoms with van der Waals surface area (Å²) >= 11 is 0. The molecule has 72 valence electrons. The summed E-state index contributed by atoms with van der Waals surface area (Å²) in [5, 5.41) is 35.2. The normalized spacial score (nSPS) is 55.5. The fourth-order valence-electron chi connectivity index (χ4n) is 1.16. The molecule has 12 heavy (non-hydrogen) atoms. The molecular weight excluding hydrogens is 174 g/mol. The number of hydrogen-bond donors (Lipinski definition) is 4. The van der Waals surface area contributed by atoms with Gasteiger partial charge in [0.15, 0.2) is 12.3 Å². The van der Waals surface area contributed by atoms with Gasteiger partial charge in [0.1, 0.15) is 24.4 Å². The highest BCUT2D eigenvalue weighted by molar-refractivity contribution is 4.98. The Morgan fingerprint density at radius 3 is 1.08 bits per heavy atom. The van der Waals surface area contributed by atoms with Crippen LogP contribution in [0.4, 0.5) is 8.78 Å². The number of rotatable bonds is 0. The molecule has 0 aromatic heterocycles. The number of alkyl halides is 2. The molecule has 4 nitrogen and oxygen atoms in total. The molecule has 1 aliphatic rings. The minimum atomic E-state index is -2.36. The predicted octanol–water partition coefficient (Wildman–Crippen LogP) is -1.88. The van der Waals surface area contributed by atoms with Gasteiger partial charge < -0.3 is 20.4 Å². The standard InChI is InChI=1S/C6H10F2O4/c7-1-2(8)4(10)6(12)5(11)3(1)9/h1-6,9-12H/t1-,2+,3-,4-,5+,6+/m0/s1. The summed E-state index contributed by atoms with van der Waals surface area (Å²) in [7, 11) is 0. The van der Waals surface area contributed by atoms with E-state index in [1.807, 2.05) is 0 Å². The van der Waals surface area contributed by atoms with Gasteiger partial charge in [-0.25, -0.2) is 8.78 Å². The van der Waals surface area contributed by atoms with Crippen molar-refractivity contribution in [1.29, 1.82) is 0 Å². The summed E-state index contributed by atoms with van der Waals surface area (Å²) in [6, 6.07) is 0. The molecule has 0 aromatic rings. The van der Waals surface area contributed by atoms with Crippen molar-refractivity contribution in [3.8, 4) is 0 Å². The van der Waals surface area contributed by atoms with Crippen LogP contribution in [0.5, 0.6) is 0 Å². The quantitative estimate of drug-likeness (QED) is 0.355. The summed E-state index contributed by atoms with van der Waals surface area (Å²) in [4.78, 5) is 0. The average molecular weight is 184 g/mol. The van der Waals surface area contributed by atoms with Gasteiger partial charge in [-0.1, -0.05) is 0 Å². The topological polar surface area (TPSA) is 80.9 Å². The van der Waals surface area contributed by atoms with Gasteiger partial charge in [0, 0.05) is 0 Å². The lowest BCUT2D eigenvalue weighted by molar-refractivity contribution is -0.190. The Kier molecular flexibility index (Phi) is 2.62. The largest absolute Gasteiger partial charge is 0.387 e. The molecule has 0 bridgehead atoms. The third-order valence-electron chi connectivity index (χ3n) is 2.01. The number of halogens is 2. The van der Waals surface area contributed by atoms with Crippen LogP contribution in [0.15, 0.2) is 0 Å². The van der Waals surface area contributed by atoms with E-state index in [0.29, 0.717) is 0 Å². The van der Waals surface area contributed by atoms with E-state index in [2.05, 4.69) is 0 Å². The molecule has 4 N–H and O–H groups in total. The molecule has 0 unspecified atom stereocenters. The smallest absolute Gasteiger partial charge is 0.162 e. The molecule has 6 heteroatoms. The second-order valence-corrected chi connectivity index (χ2v) is 2.85. The molecule has 1 aliphatic carbocycles. The molecule has 1 fully saturated rings. The lowest BCUT2D eigenvalue weighted by Crippen LogP contribution is -2.60. The van der Waals surface area contributed by atoms with Crippen LogP contribution < -0.4 is 0 Å². The molecule has 1 rings (SSSR count). The van der Waals surface area contributed by atoms with Gasteiger partial charge in [0.2, 0.25) is 0 Å². The van der Waals surface area contributed by atoms with Crippen LogP contribution in [0, 0.1) is 0 Å². The maximum atomic E-state index is 12.6. The first-order valence-corrected chi connectivity index (χ1v) is 3.47. The summed E-state index contributed by atoms with van der Waals surface area (Å²) < 4.78 is 25.2. The van der Waals surface area contributed by atoms with E-state index in [1.54, 1.807) is 0 Å². The molecule has 0 radical (unpaired) electrons. The van der Waals surface area contributed by atoms with E-state index in [4.69, 9.17) is 20.4 Å². The zero-order valence-corrected chi connectivity index (χ0v) is 6.01. The number of hydrogen-bond acceptors (Lipinski definition) is 4. The first kappa shape index (κ1) is 9.79. The highest BCUT2D eigenvalue weighted by Crippen LogP contribution is 2.25. The highest BCUT2D eigenvalue weighted by Gasteiger charge is 2.49. The molecular formula is C6H10F2O4. The molecule has 0 aliphatic heterocycles. The van der Waals surface area contributed by atoms with Crippen LogP contribution in [-0.4, -0.2) is 57.2 Å². The molecule has 0 spiro atoms. The van der Waals surface area contributed by atoms with Gasteiger partial charge in [0.05, 0.1) is 0 Å². The minimum absolute atomic E-state index is 1.85. The first-order valence-electron chi connectivity index (χ1n) is 3.47. The average Bonchev–Trinajstić information content (AvgIpc) is 2.08. The summed E-state index contributed by atoms with van der Waals surface area (Å²) in [6.45, 7) is 0. The van der Waals surface area contributed by atoms with Crippen LogP contribution in [0.3, 0.4) is 0 Å². The van der Waals surface area contributed by atoms with Crippen molar-refractivity contribution in [3.05, 3.63) is 0 Å². The van der Waals surface area contributed by atoms with Gasteiger partial charge >= 0.3 is 0 Å². The molecule has 0 saturated heterocycles. The Labute approximate surface area is 67.1 Å². The minimum Gasteiger partial charge on any atom is -0.387 e. The molecule has 6 atom stereocenters. The van der Waals surface area contributed by atoms with Gasteiger partial charge in [0.25, 0.3) is 0 Å². The predicted molar refractivity (Wildman–Crippen MR) is 33.8 cm³/mol. The Hall–Kier alpha value is -0.300. The highest BCUT2D eigenvalue weighted by atomic mass is 19.2. The third-order valence-corrected chi connectivity index (χ3v) is 2.01. The van der Waals surface area contributed by atoms with Crippen LogP contribution >= 0.6 is 0 Å². The van der Waals surface area contributed by atoms with Crippen LogP contribution in [-0.2, 0) is 0 Å². The van der Waals surface area contributed by atoms with E-state index >= 15 is 0 Å². The van der Waals surface area contributed by atoms with E-state index in [1.165, 1.54) is 0 Å². The van der Waals surface area contributed by atoms with Crippen molar-refractivity contribution in [2.24, 2.45) is 0 Å². The zero-order valence-electron chi connectivity index (χ0n) is 6.01. The van der Waals surface area contributed by atoms with Gasteiger partial charge in [-0.2, -0.15) is 0 Å². The van der Waals surface area contributed by atoms with Crippen LogP contribution in [0.1, 0.15) is 0 Å². The fraction of sp³-hybridized carbons (Fsp3) is 1.00. The summed E-state index contributed by atoms with van der Waals surface area (Å²) in [5.74, 6) is 0. The molecule has 0 heterocycles.